The van der Waals surface area contributed by atoms with Gasteiger partial charge >= 0.3 is 5.97 Å². The Labute approximate surface area is 256 Å². The quantitative estimate of drug-likeness (QED) is 0.263. The molecule has 1 heterocycles. The van der Waals surface area contributed by atoms with Gasteiger partial charge in [0.1, 0.15) is 6.10 Å². The van der Waals surface area contributed by atoms with Crippen LogP contribution in [0.5, 0.6) is 0 Å². The normalized spacial score (nSPS) is 33.4. The maximum Gasteiger partial charge on any atom is 0.334 e. The third kappa shape index (κ3) is 15.3. The summed E-state index contributed by atoms with van der Waals surface area (Å²) in [6.45, 7) is 14.6. The first-order chi connectivity index (χ1) is 20.0. The lowest BCUT2D eigenvalue weighted by molar-refractivity contribution is -0.143. The fourth-order valence-electron chi connectivity index (χ4n) is 4.41. The van der Waals surface area contributed by atoms with Gasteiger partial charge in [0.05, 0.1) is 12.2 Å². The summed E-state index contributed by atoms with van der Waals surface area (Å²) in [7, 11) is 3.47. The van der Waals surface area contributed by atoms with E-state index < -0.39 is 6.10 Å². The van der Waals surface area contributed by atoms with Crippen molar-refractivity contribution in [1.29, 1.82) is 0 Å². The summed E-state index contributed by atoms with van der Waals surface area (Å²) < 4.78 is 17.4. The Hall–Kier alpha value is -2.99. The molecule has 0 amide bonds. The molecule has 232 valence electrons. The Balaban J connectivity index is 3.40. The van der Waals surface area contributed by atoms with E-state index in [2.05, 4.69) is 76.3 Å². The van der Waals surface area contributed by atoms with Gasteiger partial charge in [0.2, 0.25) is 0 Å². The van der Waals surface area contributed by atoms with Crippen LogP contribution in [0.1, 0.15) is 67.7 Å². The zero-order chi connectivity index (χ0) is 31.5. The molecule has 0 saturated heterocycles. The van der Waals surface area contributed by atoms with Crippen LogP contribution in [0.25, 0.3) is 0 Å². The molecule has 1 aliphatic rings. The molecule has 1 rings (SSSR count). The second-order valence-electron chi connectivity index (χ2n) is 11.3. The van der Waals surface area contributed by atoms with Crippen LogP contribution in [0.2, 0.25) is 0 Å². The van der Waals surface area contributed by atoms with E-state index >= 15 is 0 Å². The van der Waals surface area contributed by atoms with Crippen LogP contribution >= 0.6 is 0 Å². The maximum atomic E-state index is 13.2. The molecule has 5 heteroatoms. The van der Waals surface area contributed by atoms with Crippen molar-refractivity contribution in [2.24, 2.45) is 17.6 Å². The molecule has 0 aromatic carbocycles. The topological polar surface area (TPSA) is 70.8 Å². The van der Waals surface area contributed by atoms with Gasteiger partial charge in [-0.05, 0) is 65.4 Å². The van der Waals surface area contributed by atoms with E-state index in [1.165, 1.54) is 5.57 Å². The van der Waals surface area contributed by atoms with Gasteiger partial charge < -0.3 is 19.9 Å². The van der Waals surface area contributed by atoms with E-state index in [1.807, 2.05) is 51.2 Å². The van der Waals surface area contributed by atoms with Crippen molar-refractivity contribution in [1.82, 2.24) is 0 Å². The molecule has 5 atom stereocenters. The third-order valence-corrected chi connectivity index (χ3v) is 7.18. The molecule has 42 heavy (non-hydrogen) atoms. The number of carbonyl (C=O) groups is 1. The van der Waals surface area contributed by atoms with E-state index in [0.717, 1.165) is 36.0 Å². The van der Waals surface area contributed by atoms with Gasteiger partial charge in [-0.2, -0.15) is 0 Å². The minimum atomic E-state index is -0.417. The predicted molar refractivity (Wildman–Crippen MR) is 178 cm³/mol. The Morgan fingerprint density at radius 2 is 1.64 bits per heavy atom. The van der Waals surface area contributed by atoms with E-state index in [4.69, 9.17) is 19.9 Å². The van der Waals surface area contributed by atoms with Crippen molar-refractivity contribution in [3.63, 3.8) is 0 Å². The minimum absolute atomic E-state index is 0.0111. The first kappa shape index (κ1) is 37.0. The standard InChI is InChI=1S/C37H55NO4/c1-27-14-12-18-34(40-8)17-11-10-16-31(5)36(32(6)23-22-30(4)26-38)42-37(39)33(7)24-28(2)20-21-29(3)25-35(41-9)19-13-15-27/h10-11,13-17,20-25,28,31,34-36H,12,18-19,26,38H2,1-9H3/b15-13+,16-10+,17-11+,21-20+,27-14-,29-25+,30-22+,32-23+,33-24+/t28-,31+,34-,35+,36?/m1/s1. The highest BCUT2D eigenvalue weighted by Gasteiger charge is 2.22. The SMILES string of the molecule is CO[C@@H]1/C=C(C)/C=C/[C@@H](C)/C=C(\C)C(=O)OC(/C(C)=C/C=C(\C)CN)[C@@H](C)/C=C/C=C/[C@@H](OC)CC/C=C(C)\C=C\C1. The molecule has 1 aliphatic heterocycles. The molecule has 0 radical (unpaired) electrons. The van der Waals surface area contributed by atoms with Crippen molar-refractivity contribution in [3.05, 3.63) is 107 Å². The summed E-state index contributed by atoms with van der Waals surface area (Å²) in [6, 6.07) is 0. The Morgan fingerprint density at radius 1 is 0.952 bits per heavy atom. The van der Waals surface area contributed by atoms with Crippen molar-refractivity contribution in [3.8, 4) is 0 Å². The number of cyclic esters (lactones) is 1. The van der Waals surface area contributed by atoms with E-state index in [1.54, 1.807) is 14.2 Å². The molecular formula is C37H55NO4. The summed E-state index contributed by atoms with van der Waals surface area (Å²) in [6.07, 6.45) is 29.1. The monoisotopic (exact) mass is 577 g/mol. The number of rotatable bonds is 5. The zero-order valence-electron chi connectivity index (χ0n) is 27.4. The van der Waals surface area contributed by atoms with Crippen molar-refractivity contribution in [2.75, 3.05) is 20.8 Å². The second-order valence-corrected chi connectivity index (χ2v) is 11.3. The van der Waals surface area contributed by atoms with E-state index in [0.29, 0.717) is 12.1 Å². The Morgan fingerprint density at radius 3 is 2.31 bits per heavy atom. The van der Waals surface area contributed by atoms with Crippen LogP contribution in [0.4, 0.5) is 0 Å². The molecule has 0 fully saturated rings. The lowest BCUT2D eigenvalue weighted by atomic mass is 9.96. The number of carbonyl (C=O) groups excluding carboxylic acids is 1. The first-order valence-corrected chi connectivity index (χ1v) is 15.0. The van der Waals surface area contributed by atoms with Gasteiger partial charge in [0, 0.05) is 32.3 Å². The molecule has 2 N–H and O–H groups in total. The Kier molecular flexibility index (Phi) is 18.4. The number of hydrogen-bond acceptors (Lipinski definition) is 5. The molecular weight excluding hydrogens is 522 g/mol. The van der Waals surface area contributed by atoms with E-state index in [-0.39, 0.29) is 30.0 Å². The first-order valence-electron chi connectivity index (χ1n) is 15.0. The predicted octanol–water partition coefficient (Wildman–Crippen LogP) is 8.30. The summed E-state index contributed by atoms with van der Waals surface area (Å²) in [4.78, 5) is 13.2. The fraction of sp³-hybridized carbons (Fsp3) is 0.486. The molecule has 5 nitrogen and oxygen atoms in total. The van der Waals surface area contributed by atoms with Gasteiger partial charge in [-0.1, -0.05) is 110 Å². The highest BCUT2D eigenvalue weighted by atomic mass is 16.5. The number of allylic oxidation sites excluding steroid dienone is 11. The number of nitrogens with two attached hydrogens (primary N) is 1. The van der Waals surface area contributed by atoms with Gasteiger partial charge in [-0.15, -0.1) is 0 Å². The van der Waals surface area contributed by atoms with Crippen LogP contribution in [-0.2, 0) is 19.0 Å². The average Bonchev–Trinajstić information content (AvgIpc) is 2.97. The van der Waals surface area contributed by atoms with Crippen LogP contribution in [0.15, 0.2) is 107 Å². The molecule has 0 aliphatic carbocycles. The van der Waals surface area contributed by atoms with Gasteiger partial charge in [0.25, 0.3) is 0 Å². The van der Waals surface area contributed by atoms with Gasteiger partial charge in [-0.25, -0.2) is 4.79 Å². The van der Waals surface area contributed by atoms with E-state index in [9.17, 15) is 4.79 Å². The number of methoxy groups -OCH3 is 2. The summed E-state index contributed by atoms with van der Waals surface area (Å²) in [5.41, 5.74) is 10.7. The third-order valence-electron chi connectivity index (χ3n) is 7.18. The molecule has 0 saturated carbocycles. The van der Waals surface area contributed by atoms with Crippen molar-refractivity contribution >= 4 is 5.97 Å². The molecule has 0 spiro atoms. The zero-order valence-corrected chi connectivity index (χ0v) is 27.4. The average molecular weight is 578 g/mol. The van der Waals surface area contributed by atoms with Crippen molar-refractivity contribution < 1.29 is 19.0 Å². The lowest BCUT2D eigenvalue weighted by Gasteiger charge is -2.23. The van der Waals surface area contributed by atoms with Crippen molar-refractivity contribution in [2.45, 2.75) is 86.0 Å². The highest BCUT2D eigenvalue weighted by molar-refractivity contribution is 5.88. The number of hydrogen-bond donors (Lipinski definition) is 1. The molecule has 0 aromatic heterocycles. The number of ether oxygens (including phenoxy) is 3. The van der Waals surface area contributed by atoms with Crippen LogP contribution in [0.3, 0.4) is 0 Å². The molecule has 0 aromatic rings. The van der Waals surface area contributed by atoms with Crippen LogP contribution < -0.4 is 5.73 Å². The summed E-state index contributed by atoms with van der Waals surface area (Å²) in [5, 5.41) is 0. The lowest BCUT2D eigenvalue weighted by Crippen LogP contribution is -2.26. The maximum absolute atomic E-state index is 13.2. The largest absolute Gasteiger partial charge is 0.454 e. The summed E-state index contributed by atoms with van der Waals surface area (Å²) >= 11 is 0. The summed E-state index contributed by atoms with van der Waals surface area (Å²) in [5.74, 6) is -0.308. The molecule has 0 bridgehead atoms. The minimum Gasteiger partial charge on any atom is -0.454 e. The van der Waals surface area contributed by atoms with Gasteiger partial charge in [-0.3, -0.25) is 0 Å². The van der Waals surface area contributed by atoms with Crippen LogP contribution in [0, 0.1) is 11.8 Å². The fourth-order valence-corrected chi connectivity index (χ4v) is 4.41. The smallest absolute Gasteiger partial charge is 0.334 e. The Bertz CT molecular complexity index is 1110. The van der Waals surface area contributed by atoms with Crippen LogP contribution in [-0.4, -0.2) is 45.0 Å². The van der Waals surface area contributed by atoms with Gasteiger partial charge in [0.15, 0.2) is 0 Å². The highest BCUT2D eigenvalue weighted by Crippen LogP contribution is 2.21. The molecule has 1 unspecified atom stereocenters. The second kappa shape index (κ2) is 20.8. The number of esters is 1.